The molecule has 2 aromatic carbocycles. The number of carbonyl (C=O) groups excluding carboxylic acids is 1. The van der Waals surface area contributed by atoms with Crippen molar-refractivity contribution in [1.82, 2.24) is 0 Å². The number of sulfonamides is 1. The van der Waals surface area contributed by atoms with E-state index in [0.29, 0.717) is 22.9 Å². The molecular formula is C21H20N2O5S2. The summed E-state index contributed by atoms with van der Waals surface area (Å²) in [5.41, 5.74) is 1.92. The Balaban J connectivity index is 1.54. The fourth-order valence-corrected chi connectivity index (χ4v) is 5.38. The summed E-state index contributed by atoms with van der Waals surface area (Å²) in [6, 6.07) is 13.4. The van der Waals surface area contributed by atoms with Crippen LogP contribution in [0.3, 0.4) is 0 Å². The summed E-state index contributed by atoms with van der Waals surface area (Å²) in [6.45, 7) is 5.49. The highest BCUT2D eigenvalue weighted by atomic mass is 32.2. The van der Waals surface area contributed by atoms with Crippen molar-refractivity contribution in [2.45, 2.75) is 31.5 Å². The molecule has 7 nitrogen and oxygen atoms in total. The number of carbonyl (C=O) groups is 1. The first-order valence-corrected chi connectivity index (χ1v) is 11.5. The Labute approximate surface area is 178 Å². The second-order valence-corrected chi connectivity index (χ2v) is 9.87. The lowest BCUT2D eigenvalue weighted by Gasteiger charge is -2.16. The number of fused-ring (bicyclic) bond motifs is 1. The van der Waals surface area contributed by atoms with Crippen molar-refractivity contribution in [2.24, 2.45) is 0 Å². The van der Waals surface area contributed by atoms with Crippen LogP contribution in [0, 0.1) is 6.92 Å². The third-order valence-electron chi connectivity index (χ3n) is 4.34. The van der Waals surface area contributed by atoms with Gasteiger partial charge in [-0.2, -0.15) is 0 Å². The molecular weight excluding hydrogens is 424 g/mol. The van der Waals surface area contributed by atoms with Gasteiger partial charge in [0, 0.05) is 31.3 Å². The summed E-state index contributed by atoms with van der Waals surface area (Å²) >= 11 is 1.05. The molecule has 2 N–H and O–H groups in total. The van der Waals surface area contributed by atoms with Gasteiger partial charge in [-0.1, -0.05) is 17.7 Å². The predicted octanol–water partition coefficient (Wildman–Crippen LogP) is 4.62. The third kappa shape index (κ3) is 4.12. The number of ether oxygens (including phenoxy) is 2. The minimum Gasteiger partial charge on any atom is -0.449 e. The zero-order valence-corrected chi connectivity index (χ0v) is 18.2. The minimum atomic E-state index is -3.92. The topological polar surface area (TPSA) is 93.7 Å². The van der Waals surface area contributed by atoms with Gasteiger partial charge >= 0.3 is 0 Å². The van der Waals surface area contributed by atoms with Crippen LogP contribution in [0.25, 0.3) is 0 Å². The minimum absolute atomic E-state index is 0.0764. The number of thiophene rings is 1. The van der Waals surface area contributed by atoms with Crippen LogP contribution in [0.5, 0.6) is 11.5 Å². The van der Waals surface area contributed by atoms with E-state index >= 15 is 0 Å². The molecule has 1 aliphatic heterocycles. The van der Waals surface area contributed by atoms with E-state index in [1.165, 1.54) is 6.07 Å². The van der Waals surface area contributed by atoms with Crippen molar-refractivity contribution in [2.75, 3.05) is 10.0 Å². The average molecular weight is 445 g/mol. The van der Waals surface area contributed by atoms with Crippen molar-refractivity contribution in [3.8, 4) is 11.5 Å². The largest absolute Gasteiger partial charge is 0.449 e. The highest BCUT2D eigenvalue weighted by Gasteiger charge is 2.32. The maximum Gasteiger partial charge on any atom is 0.267 e. The predicted molar refractivity (Wildman–Crippen MR) is 116 cm³/mol. The first kappa shape index (κ1) is 20.2. The molecule has 3 aromatic rings. The second kappa shape index (κ2) is 7.33. The van der Waals surface area contributed by atoms with Crippen LogP contribution in [0.1, 0.15) is 29.1 Å². The number of anilines is 2. The Bertz CT molecular complexity index is 1210. The molecule has 0 spiro atoms. The van der Waals surface area contributed by atoms with E-state index in [0.717, 1.165) is 16.9 Å². The van der Waals surface area contributed by atoms with Crippen molar-refractivity contribution >= 4 is 38.6 Å². The Kier molecular flexibility index (Phi) is 4.95. The maximum atomic E-state index is 12.8. The molecule has 0 unspecified atom stereocenters. The van der Waals surface area contributed by atoms with Crippen LogP contribution in [0.4, 0.5) is 11.4 Å². The van der Waals surface area contributed by atoms with Crippen LogP contribution in [0.15, 0.2) is 58.8 Å². The van der Waals surface area contributed by atoms with Gasteiger partial charge in [0.05, 0.1) is 0 Å². The van der Waals surface area contributed by atoms with Gasteiger partial charge in [-0.05, 0) is 42.6 Å². The molecule has 0 saturated carbocycles. The van der Waals surface area contributed by atoms with Gasteiger partial charge in [0.2, 0.25) is 5.79 Å². The van der Waals surface area contributed by atoms with Gasteiger partial charge in [0.1, 0.15) is 9.77 Å². The molecule has 1 aliphatic rings. The molecule has 0 saturated heterocycles. The molecule has 1 amide bonds. The molecule has 1 aromatic heterocycles. The smallest absolute Gasteiger partial charge is 0.267 e. The molecule has 0 atom stereocenters. The van der Waals surface area contributed by atoms with Crippen molar-refractivity contribution in [3.05, 3.63) is 64.4 Å². The van der Waals surface area contributed by atoms with Crippen LogP contribution in [0.2, 0.25) is 0 Å². The van der Waals surface area contributed by atoms with Crippen LogP contribution in [-0.4, -0.2) is 20.1 Å². The van der Waals surface area contributed by atoms with Gasteiger partial charge in [0.15, 0.2) is 11.5 Å². The van der Waals surface area contributed by atoms with E-state index in [9.17, 15) is 13.2 Å². The second-order valence-electron chi connectivity index (χ2n) is 7.31. The number of nitrogens with one attached hydrogen (secondary N) is 2. The molecule has 4 rings (SSSR count). The average Bonchev–Trinajstić information content (AvgIpc) is 3.27. The summed E-state index contributed by atoms with van der Waals surface area (Å²) in [5.74, 6) is -0.202. The van der Waals surface area contributed by atoms with Crippen molar-refractivity contribution in [1.29, 1.82) is 0 Å². The number of benzene rings is 2. The van der Waals surface area contributed by atoms with E-state index in [4.69, 9.17) is 9.47 Å². The zero-order chi connectivity index (χ0) is 21.5. The molecule has 2 heterocycles. The Hall–Kier alpha value is -3.04. The third-order valence-corrected chi connectivity index (χ3v) is 6.81. The normalized spacial score (nSPS) is 14.4. The van der Waals surface area contributed by atoms with Gasteiger partial charge < -0.3 is 14.8 Å². The summed E-state index contributed by atoms with van der Waals surface area (Å²) in [5, 5.41) is 4.30. The maximum absolute atomic E-state index is 12.8. The lowest BCUT2D eigenvalue weighted by Crippen LogP contribution is -2.29. The molecule has 0 radical (unpaired) electrons. The lowest BCUT2D eigenvalue weighted by atomic mass is 10.2. The van der Waals surface area contributed by atoms with E-state index < -0.39 is 21.7 Å². The summed E-state index contributed by atoms with van der Waals surface area (Å²) in [6.07, 6.45) is 0. The van der Waals surface area contributed by atoms with Gasteiger partial charge in [-0.25, -0.2) is 8.42 Å². The van der Waals surface area contributed by atoms with Crippen LogP contribution >= 0.6 is 11.3 Å². The van der Waals surface area contributed by atoms with E-state index in [-0.39, 0.29) is 9.77 Å². The number of hydrogen-bond acceptors (Lipinski definition) is 6. The molecule has 30 heavy (non-hydrogen) atoms. The highest BCUT2D eigenvalue weighted by molar-refractivity contribution is 7.93. The molecule has 0 fully saturated rings. The Morgan fingerprint density at radius 3 is 2.37 bits per heavy atom. The quantitative estimate of drug-likeness (QED) is 0.599. The lowest BCUT2D eigenvalue weighted by molar-refractivity contribution is -0.0431. The highest BCUT2D eigenvalue weighted by Crippen LogP contribution is 2.40. The van der Waals surface area contributed by atoms with Gasteiger partial charge in [0.25, 0.3) is 15.9 Å². The SMILES string of the molecule is Cc1ccc(NS(=O)(=O)c2ccsc2C(=O)Nc2ccc3c(c2)OC(C)(C)O3)cc1. The number of amides is 1. The monoisotopic (exact) mass is 444 g/mol. The molecule has 0 bridgehead atoms. The fourth-order valence-electron chi connectivity index (χ4n) is 2.99. The van der Waals surface area contributed by atoms with Gasteiger partial charge in [-0.15, -0.1) is 11.3 Å². The van der Waals surface area contributed by atoms with Crippen molar-refractivity contribution in [3.63, 3.8) is 0 Å². The molecule has 156 valence electrons. The van der Waals surface area contributed by atoms with E-state index in [2.05, 4.69) is 10.0 Å². The van der Waals surface area contributed by atoms with E-state index in [1.807, 2.05) is 6.92 Å². The summed E-state index contributed by atoms with van der Waals surface area (Å²) < 4.78 is 39.5. The van der Waals surface area contributed by atoms with E-state index in [1.54, 1.807) is 61.7 Å². The summed E-state index contributed by atoms with van der Waals surface area (Å²) in [7, 11) is -3.92. The van der Waals surface area contributed by atoms with Crippen molar-refractivity contribution < 1.29 is 22.7 Å². The number of rotatable bonds is 5. The Morgan fingerprint density at radius 2 is 1.63 bits per heavy atom. The summed E-state index contributed by atoms with van der Waals surface area (Å²) in [4.78, 5) is 12.8. The number of aryl methyl sites for hydroxylation is 1. The fraction of sp³-hybridized carbons (Fsp3) is 0.190. The Morgan fingerprint density at radius 1 is 0.967 bits per heavy atom. The first-order chi connectivity index (χ1) is 14.1. The zero-order valence-electron chi connectivity index (χ0n) is 16.6. The van der Waals surface area contributed by atoms with Gasteiger partial charge in [-0.3, -0.25) is 9.52 Å². The standard InChI is InChI=1S/C21H20N2O5S2/c1-13-4-6-14(7-5-13)23-30(25,26)18-10-11-29-19(18)20(24)22-15-8-9-16-17(12-15)28-21(2,3)27-16/h4-12,23H,1-3H3,(H,22,24). The first-order valence-electron chi connectivity index (χ1n) is 9.13. The molecule has 9 heteroatoms. The van der Waals surface area contributed by atoms with Crippen LogP contribution < -0.4 is 19.5 Å². The van der Waals surface area contributed by atoms with Crippen LogP contribution in [-0.2, 0) is 10.0 Å². The molecule has 0 aliphatic carbocycles. The number of hydrogen-bond donors (Lipinski definition) is 2.